The third-order valence-corrected chi connectivity index (χ3v) is 8.06. The lowest BCUT2D eigenvalue weighted by Crippen LogP contribution is -2.02. The van der Waals surface area contributed by atoms with Gasteiger partial charge in [0.1, 0.15) is 11.5 Å². The van der Waals surface area contributed by atoms with Gasteiger partial charge in [0.05, 0.1) is 0 Å². The Morgan fingerprint density at radius 2 is 0.386 bits per heavy atom. The summed E-state index contributed by atoms with van der Waals surface area (Å²) in [5, 5.41) is 20.7. The summed E-state index contributed by atoms with van der Waals surface area (Å²) in [6, 6.07) is 57.3. The van der Waals surface area contributed by atoms with Crippen molar-refractivity contribution >= 4 is 0 Å². The average molecular weight is 567 g/mol. The molecule has 7 aromatic rings. The fourth-order valence-corrected chi connectivity index (χ4v) is 6.16. The maximum atomic E-state index is 10.3. The van der Waals surface area contributed by atoms with Gasteiger partial charge in [-0.15, -0.1) is 0 Å². The summed E-state index contributed by atoms with van der Waals surface area (Å²) in [6.07, 6.45) is 0. The van der Waals surface area contributed by atoms with E-state index in [1.165, 1.54) is 0 Å². The number of phenols is 2. The van der Waals surface area contributed by atoms with Crippen LogP contribution in [0.3, 0.4) is 0 Å². The highest BCUT2D eigenvalue weighted by Crippen LogP contribution is 2.55. The van der Waals surface area contributed by atoms with Crippen LogP contribution in [0.1, 0.15) is 0 Å². The van der Waals surface area contributed by atoms with E-state index in [2.05, 4.69) is 97.1 Å². The Hall–Kier alpha value is -5.86. The van der Waals surface area contributed by atoms with Gasteiger partial charge in [-0.05, 0) is 91.0 Å². The number of rotatable bonds is 6. The summed E-state index contributed by atoms with van der Waals surface area (Å²) < 4.78 is 0. The average Bonchev–Trinajstić information content (AvgIpc) is 3.09. The third-order valence-electron chi connectivity index (χ3n) is 8.06. The molecular formula is C42H30O2. The number of hydrogen-bond donors (Lipinski definition) is 2. The first-order valence-corrected chi connectivity index (χ1v) is 14.7. The smallest absolute Gasteiger partial charge is 0.115 e. The lowest BCUT2D eigenvalue weighted by atomic mass is 9.74. The van der Waals surface area contributed by atoms with Gasteiger partial charge in [-0.25, -0.2) is 0 Å². The number of hydrogen-bond acceptors (Lipinski definition) is 2. The van der Waals surface area contributed by atoms with E-state index in [0.717, 1.165) is 66.8 Å². The normalized spacial score (nSPS) is 10.9. The summed E-state index contributed by atoms with van der Waals surface area (Å²) in [5.41, 5.74) is 12.9. The molecule has 2 nitrogen and oxygen atoms in total. The second kappa shape index (κ2) is 11.8. The predicted octanol–water partition coefficient (Wildman–Crippen LogP) is 11.1. The van der Waals surface area contributed by atoms with Crippen molar-refractivity contribution in [2.45, 2.75) is 0 Å². The molecule has 0 spiro atoms. The van der Waals surface area contributed by atoms with Crippen LogP contribution in [0, 0.1) is 0 Å². The van der Waals surface area contributed by atoms with E-state index in [1.54, 1.807) is 24.3 Å². The molecule has 0 aliphatic carbocycles. The standard InChI is InChI=1S/C42H30O2/c43-35-25-21-33(22-26-35)41-37(29-13-5-1-6-14-29)38(30-15-7-2-8-16-30)42(34-23-27-36(44)28-24-34)40(32-19-11-4-12-20-32)39(41)31-17-9-3-10-18-31/h1-28,43-44H. The van der Waals surface area contributed by atoms with Crippen LogP contribution >= 0.6 is 0 Å². The van der Waals surface area contributed by atoms with Crippen molar-refractivity contribution < 1.29 is 10.2 Å². The molecule has 2 heteroatoms. The second-order valence-corrected chi connectivity index (χ2v) is 10.8. The van der Waals surface area contributed by atoms with Crippen molar-refractivity contribution in [2.75, 3.05) is 0 Å². The molecule has 0 aliphatic heterocycles. The third kappa shape index (κ3) is 5.04. The van der Waals surface area contributed by atoms with E-state index in [0.29, 0.717) is 0 Å². The van der Waals surface area contributed by atoms with Gasteiger partial charge < -0.3 is 10.2 Å². The van der Waals surface area contributed by atoms with Crippen LogP contribution in [0.5, 0.6) is 11.5 Å². The van der Waals surface area contributed by atoms with Gasteiger partial charge in [-0.2, -0.15) is 0 Å². The monoisotopic (exact) mass is 566 g/mol. The molecule has 2 N–H and O–H groups in total. The molecule has 0 bridgehead atoms. The van der Waals surface area contributed by atoms with Crippen molar-refractivity contribution in [3.8, 4) is 78.3 Å². The van der Waals surface area contributed by atoms with Crippen LogP contribution in [0.15, 0.2) is 170 Å². The van der Waals surface area contributed by atoms with Crippen molar-refractivity contribution in [1.29, 1.82) is 0 Å². The zero-order chi connectivity index (χ0) is 29.9. The van der Waals surface area contributed by atoms with Crippen molar-refractivity contribution in [3.63, 3.8) is 0 Å². The van der Waals surface area contributed by atoms with E-state index in [1.807, 2.05) is 48.5 Å². The van der Waals surface area contributed by atoms with Gasteiger partial charge in [0, 0.05) is 0 Å². The molecule has 0 fully saturated rings. The Balaban J connectivity index is 1.81. The SMILES string of the molecule is Oc1ccc(-c2c(-c3ccccc3)c(-c3ccccc3)c(-c3ccc(O)cc3)c(-c3ccccc3)c2-c2ccccc2)cc1. The Labute approximate surface area is 257 Å². The number of phenolic OH excluding ortho intramolecular Hbond substituents is 2. The molecular weight excluding hydrogens is 536 g/mol. The van der Waals surface area contributed by atoms with Gasteiger partial charge in [0.25, 0.3) is 0 Å². The summed E-state index contributed by atoms with van der Waals surface area (Å²) in [4.78, 5) is 0. The van der Waals surface area contributed by atoms with Crippen molar-refractivity contribution in [2.24, 2.45) is 0 Å². The molecule has 0 aliphatic rings. The van der Waals surface area contributed by atoms with Gasteiger partial charge in [-0.1, -0.05) is 146 Å². The fourth-order valence-electron chi connectivity index (χ4n) is 6.16. The van der Waals surface area contributed by atoms with E-state index in [9.17, 15) is 10.2 Å². The maximum absolute atomic E-state index is 10.3. The molecule has 7 rings (SSSR count). The Kier molecular flexibility index (Phi) is 7.24. The van der Waals surface area contributed by atoms with Crippen LogP contribution in [-0.4, -0.2) is 10.2 Å². The van der Waals surface area contributed by atoms with Gasteiger partial charge in [0.15, 0.2) is 0 Å². The highest BCUT2D eigenvalue weighted by atomic mass is 16.3. The minimum atomic E-state index is 0.226. The summed E-state index contributed by atoms with van der Waals surface area (Å²) >= 11 is 0. The first-order chi connectivity index (χ1) is 21.7. The molecule has 0 saturated heterocycles. The first kappa shape index (κ1) is 27.0. The lowest BCUT2D eigenvalue weighted by molar-refractivity contribution is 0.475. The predicted molar refractivity (Wildman–Crippen MR) is 182 cm³/mol. The van der Waals surface area contributed by atoms with E-state index < -0.39 is 0 Å². The highest BCUT2D eigenvalue weighted by molar-refractivity contribution is 6.15. The van der Waals surface area contributed by atoms with Crippen LogP contribution in [0.4, 0.5) is 0 Å². The van der Waals surface area contributed by atoms with Crippen LogP contribution < -0.4 is 0 Å². The molecule has 210 valence electrons. The molecule has 0 aromatic heterocycles. The molecule has 0 saturated carbocycles. The molecule has 0 unspecified atom stereocenters. The number of aromatic hydroxyl groups is 2. The Morgan fingerprint density at radius 3 is 0.591 bits per heavy atom. The van der Waals surface area contributed by atoms with Crippen LogP contribution in [0.25, 0.3) is 66.8 Å². The van der Waals surface area contributed by atoms with Gasteiger partial charge in [0.2, 0.25) is 0 Å². The Morgan fingerprint density at radius 1 is 0.205 bits per heavy atom. The number of benzene rings is 7. The summed E-state index contributed by atoms with van der Waals surface area (Å²) in [5.74, 6) is 0.451. The van der Waals surface area contributed by atoms with Gasteiger partial charge >= 0.3 is 0 Å². The minimum absolute atomic E-state index is 0.226. The summed E-state index contributed by atoms with van der Waals surface area (Å²) in [6.45, 7) is 0. The zero-order valence-corrected chi connectivity index (χ0v) is 24.1. The van der Waals surface area contributed by atoms with Gasteiger partial charge in [-0.3, -0.25) is 0 Å². The van der Waals surface area contributed by atoms with E-state index >= 15 is 0 Å². The van der Waals surface area contributed by atoms with E-state index in [-0.39, 0.29) is 11.5 Å². The van der Waals surface area contributed by atoms with Crippen molar-refractivity contribution in [3.05, 3.63) is 170 Å². The quantitative estimate of drug-likeness (QED) is 0.210. The molecule has 44 heavy (non-hydrogen) atoms. The Bertz CT molecular complexity index is 1760. The minimum Gasteiger partial charge on any atom is -0.508 e. The van der Waals surface area contributed by atoms with Crippen LogP contribution in [-0.2, 0) is 0 Å². The molecule has 7 aromatic carbocycles. The second-order valence-electron chi connectivity index (χ2n) is 10.8. The highest BCUT2D eigenvalue weighted by Gasteiger charge is 2.28. The topological polar surface area (TPSA) is 40.5 Å². The molecule has 0 atom stereocenters. The largest absolute Gasteiger partial charge is 0.508 e. The van der Waals surface area contributed by atoms with Crippen LogP contribution in [0.2, 0.25) is 0 Å². The fraction of sp³-hybridized carbons (Fsp3) is 0. The molecule has 0 amide bonds. The zero-order valence-electron chi connectivity index (χ0n) is 24.1. The van der Waals surface area contributed by atoms with E-state index in [4.69, 9.17) is 0 Å². The molecule has 0 heterocycles. The summed E-state index contributed by atoms with van der Waals surface area (Å²) in [7, 11) is 0. The maximum Gasteiger partial charge on any atom is 0.115 e. The first-order valence-electron chi connectivity index (χ1n) is 14.7. The lowest BCUT2D eigenvalue weighted by Gasteiger charge is -2.28. The molecule has 0 radical (unpaired) electrons. The van der Waals surface area contributed by atoms with Crippen molar-refractivity contribution in [1.82, 2.24) is 0 Å².